The van der Waals surface area contributed by atoms with Crippen molar-refractivity contribution in [2.75, 3.05) is 6.61 Å². The van der Waals surface area contributed by atoms with E-state index < -0.39 is 0 Å². The zero-order valence-corrected chi connectivity index (χ0v) is 13.2. The van der Waals surface area contributed by atoms with Crippen molar-refractivity contribution < 1.29 is 9.47 Å². The first-order chi connectivity index (χ1) is 9.63. The lowest BCUT2D eigenvalue weighted by molar-refractivity contribution is 0.291. The fraction of sp³-hybridized carbons (Fsp3) is 0.400. The summed E-state index contributed by atoms with van der Waals surface area (Å²) in [5.74, 6) is 1.76. The van der Waals surface area contributed by atoms with Gasteiger partial charge in [0.05, 0.1) is 19.0 Å². The third-order valence-electron chi connectivity index (χ3n) is 3.33. The Kier molecular flexibility index (Phi) is 3.70. The van der Waals surface area contributed by atoms with Crippen molar-refractivity contribution in [3.05, 3.63) is 40.1 Å². The van der Waals surface area contributed by atoms with Crippen LogP contribution in [-0.4, -0.2) is 16.4 Å². The SMILES string of the molecule is CC(C)n1cc(OCc2cc(Br)cc3c2OCC3)cn1. The van der Waals surface area contributed by atoms with Crippen molar-refractivity contribution >= 4 is 15.9 Å². The number of fused-ring (bicyclic) bond motifs is 1. The molecule has 2 aromatic rings. The molecule has 0 saturated carbocycles. The molecule has 0 aliphatic carbocycles. The average Bonchev–Trinajstić information content (AvgIpc) is 3.04. The van der Waals surface area contributed by atoms with Gasteiger partial charge in [0.2, 0.25) is 0 Å². The van der Waals surface area contributed by atoms with E-state index in [-0.39, 0.29) is 0 Å². The second-order valence-corrected chi connectivity index (χ2v) is 6.11. The molecule has 5 heteroatoms. The fourth-order valence-corrected chi connectivity index (χ4v) is 2.84. The molecule has 0 fully saturated rings. The molecule has 2 heterocycles. The van der Waals surface area contributed by atoms with E-state index in [0.717, 1.165) is 34.6 Å². The minimum absolute atomic E-state index is 0.339. The third kappa shape index (κ3) is 2.68. The van der Waals surface area contributed by atoms with E-state index in [2.05, 4.69) is 47.0 Å². The van der Waals surface area contributed by atoms with Gasteiger partial charge in [0.1, 0.15) is 12.4 Å². The number of ether oxygens (including phenoxy) is 2. The smallest absolute Gasteiger partial charge is 0.157 e. The van der Waals surface area contributed by atoms with E-state index in [1.165, 1.54) is 5.56 Å². The van der Waals surface area contributed by atoms with Crippen LogP contribution in [0.5, 0.6) is 11.5 Å². The van der Waals surface area contributed by atoms with Crippen LogP contribution < -0.4 is 9.47 Å². The van der Waals surface area contributed by atoms with Crippen molar-refractivity contribution in [1.29, 1.82) is 0 Å². The number of hydrogen-bond donors (Lipinski definition) is 0. The Balaban J connectivity index is 1.75. The van der Waals surface area contributed by atoms with Gasteiger partial charge in [-0.3, -0.25) is 4.68 Å². The lowest BCUT2D eigenvalue weighted by Gasteiger charge is -2.09. The molecule has 1 aromatic carbocycles. The number of rotatable bonds is 4. The summed E-state index contributed by atoms with van der Waals surface area (Å²) in [4.78, 5) is 0. The maximum atomic E-state index is 5.82. The monoisotopic (exact) mass is 336 g/mol. The van der Waals surface area contributed by atoms with E-state index in [1.54, 1.807) is 6.20 Å². The normalized spacial score (nSPS) is 13.4. The topological polar surface area (TPSA) is 36.3 Å². The van der Waals surface area contributed by atoms with Gasteiger partial charge >= 0.3 is 0 Å². The maximum absolute atomic E-state index is 5.82. The molecule has 106 valence electrons. The van der Waals surface area contributed by atoms with Crippen molar-refractivity contribution in [2.24, 2.45) is 0 Å². The Morgan fingerprint density at radius 2 is 2.30 bits per heavy atom. The first-order valence-corrected chi connectivity index (χ1v) is 7.54. The Hall–Kier alpha value is -1.49. The summed E-state index contributed by atoms with van der Waals surface area (Å²) in [6.45, 7) is 5.42. The Morgan fingerprint density at radius 3 is 3.05 bits per heavy atom. The zero-order chi connectivity index (χ0) is 14.1. The van der Waals surface area contributed by atoms with Crippen LogP contribution >= 0.6 is 15.9 Å². The molecule has 0 saturated heterocycles. The van der Waals surface area contributed by atoms with Gasteiger partial charge in [-0.15, -0.1) is 0 Å². The number of aromatic nitrogens is 2. The molecule has 0 spiro atoms. The first-order valence-electron chi connectivity index (χ1n) is 6.74. The van der Waals surface area contributed by atoms with Gasteiger partial charge in [-0.1, -0.05) is 15.9 Å². The Bertz CT molecular complexity index is 622. The Labute approximate surface area is 126 Å². The van der Waals surface area contributed by atoms with Crippen molar-refractivity contribution in [3.8, 4) is 11.5 Å². The van der Waals surface area contributed by atoms with Gasteiger partial charge in [0, 0.05) is 22.5 Å². The van der Waals surface area contributed by atoms with E-state index in [0.29, 0.717) is 12.6 Å². The molecule has 1 aliphatic heterocycles. The number of benzene rings is 1. The molecule has 3 rings (SSSR count). The van der Waals surface area contributed by atoms with Gasteiger partial charge in [0.25, 0.3) is 0 Å². The molecule has 0 atom stereocenters. The van der Waals surface area contributed by atoms with Gasteiger partial charge in [0.15, 0.2) is 5.75 Å². The van der Waals surface area contributed by atoms with Crippen molar-refractivity contribution in [1.82, 2.24) is 9.78 Å². The van der Waals surface area contributed by atoms with Gasteiger partial charge in [-0.2, -0.15) is 5.10 Å². The minimum atomic E-state index is 0.339. The molecule has 0 amide bonds. The van der Waals surface area contributed by atoms with Crippen LogP contribution in [0.25, 0.3) is 0 Å². The molecular weight excluding hydrogens is 320 g/mol. The molecule has 0 radical (unpaired) electrons. The maximum Gasteiger partial charge on any atom is 0.157 e. The zero-order valence-electron chi connectivity index (χ0n) is 11.6. The van der Waals surface area contributed by atoms with Crippen LogP contribution in [0, 0.1) is 0 Å². The highest BCUT2D eigenvalue weighted by molar-refractivity contribution is 9.10. The van der Waals surface area contributed by atoms with E-state index in [9.17, 15) is 0 Å². The fourth-order valence-electron chi connectivity index (χ4n) is 2.29. The largest absolute Gasteiger partial charge is 0.493 e. The summed E-state index contributed by atoms with van der Waals surface area (Å²) in [6, 6.07) is 4.51. The lowest BCUT2D eigenvalue weighted by atomic mass is 10.1. The van der Waals surface area contributed by atoms with Gasteiger partial charge in [-0.25, -0.2) is 0 Å². The summed E-state index contributed by atoms with van der Waals surface area (Å²) in [5.41, 5.74) is 2.32. The van der Waals surface area contributed by atoms with E-state index >= 15 is 0 Å². The van der Waals surface area contributed by atoms with Gasteiger partial charge in [-0.05, 0) is 31.5 Å². The number of halogens is 1. The van der Waals surface area contributed by atoms with Crippen LogP contribution in [0.3, 0.4) is 0 Å². The molecule has 0 unspecified atom stereocenters. The Morgan fingerprint density at radius 1 is 1.45 bits per heavy atom. The molecular formula is C15H17BrN2O2. The molecule has 4 nitrogen and oxygen atoms in total. The average molecular weight is 337 g/mol. The van der Waals surface area contributed by atoms with Crippen LogP contribution in [0.15, 0.2) is 29.0 Å². The standard InChI is InChI=1S/C15H17BrN2O2/c1-10(2)18-8-14(7-17-18)20-9-12-6-13(16)5-11-3-4-19-15(11)12/h5-8,10H,3-4,9H2,1-2H3. The number of hydrogen-bond acceptors (Lipinski definition) is 3. The molecule has 1 aliphatic rings. The van der Waals surface area contributed by atoms with Crippen LogP contribution in [0.4, 0.5) is 0 Å². The van der Waals surface area contributed by atoms with E-state index in [1.807, 2.05) is 10.9 Å². The van der Waals surface area contributed by atoms with Crippen molar-refractivity contribution in [2.45, 2.75) is 32.9 Å². The highest BCUT2D eigenvalue weighted by Gasteiger charge is 2.18. The summed E-state index contributed by atoms with van der Waals surface area (Å²) >= 11 is 3.54. The highest BCUT2D eigenvalue weighted by atomic mass is 79.9. The van der Waals surface area contributed by atoms with E-state index in [4.69, 9.17) is 9.47 Å². The quantitative estimate of drug-likeness (QED) is 0.853. The molecule has 0 N–H and O–H groups in total. The summed E-state index contributed by atoms with van der Waals surface area (Å²) < 4.78 is 14.5. The minimum Gasteiger partial charge on any atom is -0.493 e. The summed E-state index contributed by atoms with van der Waals surface area (Å²) in [5, 5.41) is 4.27. The molecule has 20 heavy (non-hydrogen) atoms. The predicted octanol–water partition coefficient (Wildman–Crippen LogP) is 3.74. The molecule has 1 aromatic heterocycles. The summed E-state index contributed by atoms with van der Waals surface area (Å²) in [6.07, 6.45) is 4.63. The summed E-state index contributed by atoms with van der Waals surface area (Å²) in [7, 11) is 0. The lowest BCUT2D eigenvalue weighted by Crippen LogP contribution is -2.00. The van der Waals surface area contributed by atoms with Crippen LogP contribution in [-0.2, 0) is 13.0 Å². The first kappa shape index (κ1) is 13.5. The van der Waals surface area contributed by atoms with Crippen LogP contribution in [0.2, 0.25) is 0 Å². The molecule has 0 bridgehead atoms. The second kappa shape index (κ2) is 5.48. The number of nitrogens with zero attached hydrogens (tertiary/aromatic N) is 2. The third-order valence-corrected chi connectivity index (χ3v) is 3.78. The second-order valence-electron chi connectivity index (χ2n) is 5.19. The van der Waals surface area contributed by atoms with Crippen LogP contribution in [0.1, 0.15) is 31.0 Å². The van der Waals surface area contributed by atoms with Crippen molar-refractivity contribution in [3.63, 3.8) is 0 Å². The predicted molar refractivity (Wildman–Crippen MR) is 80.3 cm³/mol. The highest BCUT2D eigenvalue weighted by Crippen LogP contribution is 2.33. The van der Waals surface area contributed by atoms with Gasteiger partial charge < -0.3 is 9.47 Å².